The van der Waals surface area contributed by atoms with Crippen molar-refractivity contribution in [3.05, 3.63) is 35.4 Å². The van der Waals surface area contributed by atoms with Crippen LogP contribution in [0.2, 0.25) is 0 Å². The van der Waals surface area contributed by atoms with Gasteiger partial charge in [0.1, 0.15) is 0 Å². The molecule has 0 saturated carbocycles. The number of piperidine rings is 1. The summed E-state index contributed by atoms with van der Waals surface area (Å²) in [5, 5.41) is 4.52. The molecule has 142 valence electrons. The Morgan fingerprint density at radius 3 is 2.46 bits per heavy atom. The van der Waals surface area contributed by atoms with Gasteiger partial charge >= 0.3 is 0 Å². The maximum atomic E-state index is 4.60. The monoisotopic (exact) mass is 356 g/mol. The van der Waals surface area contributed by atoms with E-state index in [0.29, 0.717) is 0 Å². The second-order valence-corrected chi connectivity index (χ2v) is 7.80. The van der Waals surface area contributed by atoms with Crippen molar-refractivity contribution in [3.63, 3.8) is 0 Å². The molecule has 0 amide bonds. The Hall–Kier alpha value is -1.95. The number of nitrogens with zero attached hydrogens (tertiary/aromatic N) is 6. The third-order valence-electron chi connectivity index (χ3n) is 5.22. The van der Waals surface area contributed by atoms with Gasteiger partial charge in [-0.1, -0.05) is 6.92 Å². The number of rotatable bonds is 7. The third-order valence-corrected chi connectivity index (χ3v) is 5.22. The van der Waals surface area contributed by atoms with E-state index in [1.807, 2.05) is 19.3 Å². The van der Waals surface area contributed by atoms with Crippen LogP contribution in [-0.4, -0.2) is 51.3 Å². The fraction of sp³-hybridized carbons (Fsp3) is 0.650. The molecule has 3 rings (SSSR count). The minimum atomic E-state index is 0.827. The summed E-state index contributed by atoms with van der Waals surface area (Å²) >= 11 is 0. The van der Waals surface area contributed by atoms with Crippen molar-refractivity contribution >= 4 is 5.95 Å². The maximum absolute atomic E-state index is 4.60. The van der Waals surface area contributed by atoms with Crippen molar-refractivity contribution in [3.8, 4) is 0 Å². The molecule has 1 fully saturated rings. The smallest absolute Gasteiger partial charge is 0.225 e. The van der Waals surface area contributed by atoms with E-state index in [9.17, 15) is 0 Å². The van der Waals surface area contributed by atoms with Crippen LogP contribution < -0.4 is 4.90 Å². The van der Waals surface area contributed by atoms with Crippen LogP contribution in [0.5, 0.6) is 0 Å². The van der Waals surface area contributed by atoms with Gasteiger partial charge < -0.3 is 9.80 Å². The number of hydrogen-bond donors (Lipinski definition) is 0. The van der Waals surface area contributed by atoms with Crippen LogP contribution in [0.15, 0.2) is 18.5 Å². The van der Waals surface area contributed by atoms with E-state index in [0.717, 1.165) is 56.7 Å². The Morgan fingerprint density at radius 2 is 1.85 bits per heavy atom. The molecule has 6 nitrogen and oxygen atoms in total. The predicted molar refractivity (Wildman–Crippen MR) is 105 cm³/mol. The van der Waals surface area contributed by atoms with Crippen LogP contribution in [0.25, 0.3) is 0 Å². The second kappa shape index (κ2) is 8.62. The van der Waals surface area contributed by atoms with E-state index in [4.69, 9.17) is 0 Å². The summed E-state index contributed by atoms with van der Waals surface area (Å²) in [6.45, 7) is 11.5. The number of aryl methyl sites for hydroxylation is 3. The van der Waals surface area contributed by atoms with Gasteiger partial charge in [-0.15, -0.1) is 0 Å². The molecular formula is C20H32N6. The first-order chi connectivity index (χ1) is 12.5. The minimum absolute atomic E-state index is 0.827. The Morgan fingerprint density at radius 1 is 1.15 bits per heavy atom. The topological polar surface area (TPSA) is 50.1 Å². The molecule has 0 N–H and O–H groups in total. The van der Waals surface area contributed by atoms with Crippen LogP contribution in [0.3, 0.4) is 0 Å². The molecule has 0 aliphatic carbocycles. The molecule has 1 aliphatic rings. The lowest BCUT2D eigenvalue weighted by Crippen LogP contribution is -2.34. The number of anilines is 1. The molecule has 2 aromatic rings. The van der Waals surface area contributed by atoms with Crippen molar-refractivity contribution in [2.75, 3.05) is 31.6 Å². The van der Waals surface area contributed by atoms with Crippen LogP contribution in [-0.2, 0) is 13.1 Å². The normalized spacial score (nSPS) is 15.8. The summed E-state index contributed by atoms with van der Waals surface area (Å²) in [7, 11) is 2.15. The molecule has 26 heavy (non-hydrogen) atoms. The summed E-state index contributed by atoms with van der Waals surface area (Å²) in [4.78, 5) is 13.8. The molecule has 2 aromatic heterocycles. The molecule has 0 spiro atoms. The Bertz CT molecular complexity index is 685. The zero-order chi connectivity index (χ0) is 18.5. The van der Waals surface area contributed by atoms with E-state index in [-0.39, 0.29) is 0 Å². The van der Waals surface area contributed by atoms with Crippen LogP contribution in [0, 0.1) is 19.8 Å². The van der Waals surface area contributed by atoms with Gasteiger partial charge in [0.05, 0.1) is 5.69 Å². The van der Waals surface area contributed by atoms with Crippen molar-refractivity contribution in [1.82, 2.24) is 24.6 Å². The second-order valence-electron chi connectivity index (χ2n) is 7.80. The molecule has 0 radical (unpaired) electrons. The quantitative estimate of drug-likeness (QED) is 0.763. The zero-order valence-corrected chi connectivity index (χ0v) is 16.6. The van der Waals surface area contributed by atoms with E-state index in [1.54, 1.807) is 0 Å². The van der Waals surface area contributed by atoms with Crippen LogP contribution in [0.1, 0.15) is 43.1 Å². The molecule has 6 heteroatoms. The van der Waals surface area contributed by atoms with Crippen molar-refractivity contribution in [1.29, 1.82) is 0 Å². The highest BCUT2D eigenvalue weighted by molar-refractivity contribution is 5.30. The average Bonchev–Trinajstić information content (AvgIpc) is 2.94. The molecule has 1 saturated heterocycles. The zero-order valence-electron chi connectivity index (χ0n) is 16.6. The molecule has 0 unspecified atom stereocenters. The SMILES string of the molecule is Cc1cc(C)n(CCCN(C)Cc2cnc(N3CCC(C)CC3)nc2)n1. The largest absolute Gasteiger partial charge is 0.341 e. The first-order valence-electron chi connectivity index (χ1n) is 9.76. The fourth-order valence-corrected chi connectivity index (χ4v) is 3.58. The Kier molecular flexibility index (Phi) is 6.25. The summed E-state index contributed by atoms with van der Waals surface area (Å²) in [6.07, 6.45) is 7.53. The van der Waals surface area contributed by atoms with Gasteiger partial charge in [0, 0.05) is 49.8 Å². The molecule has 0 atom stereocenters. The first kappa shape index (κ1) is 18.8. The number of hydrogen-bond acceptors (Lipinski definition) is 5. The summed E-state index contributed by atoms with van der Waals surface area (Å²) in [6, 6.07) is 2.13. The predicted octanol–water partition coefficient (Wildman–Crippen LogP) is 3.05. The van der Waals surface area contributed by atoms with Gasteiger partial charge in [-0.25, -0.2) is 9.97 Å². The van der Waals surface area contributed by atoms with Gasteiger partial charge in [0.25, 0.3) is 0 Å². The summed E-state index contributed by atoms with van der Waals surface area (Å²) < 4.78 is 2.10. The van der Waals surface area contributed by atoms with Gasteiger partial charge in [-0.05, 0) is 58.7 Å². The van der Waals surface area contributed by atoms with Gasteiger partial charge in [-0.3, -0.25) is 4.68 Å². The van der Waals surface area contributed by atoms with Crippen molar-refractivity contribution < 1.29 is 0 Å². The van der Waals surface area contributed by atoms with E-state index in [1.165, 1.54) is 24.1 Å². The highest BCUT2D eigenvalue weighted by Crippen LogP contribution is 2.19. The van der Waals surface area contributed by atoms with Gasteiger partial charge in [0.2, 0.25) is 5.95 Å². The minimum Gasteiger partial charge on any atom is -0.341 e. The van der Waals surface area contributed by atoms with Crippen LogP contribution >= 0.6 is 0 Å². The lowest BCUT2D eigenvalue weighted by atomic mass is 10.00. The Labute approximate surface area is 157 Å². The molecule has 3 heterocycles. The van der Waals surface area contributed by atoms with E-state index < -0.39 is 0 Å². The fourth-order valence-electron chi connectivity index (χ4n) is 3.58. The Balaban J connectivity index is 1.44. The van der Waals surface area contributed by atoms with Crippen molar-refractivity contribution in [2.45, 2.75) is 53.1 Å². The number of aromatic nitrogens is 4. The maximum Gasteiger partial charge on any atom is 0.225 e. The van der Waals surface area contributed by atoms with Crippen LogP contribution in [0.4, 0.5) is 5.95 Å². The van der Waals surface area contributed by atoms with Gasteiger partial charge in [0.15, 0.2) is 0 Å². The lowest BCUT2D eigenvalue weighted by molar-refractivity contribution is 0.310. The van der Waals surface area contributed by atoms with E-state index in [2.05, 4.69) is 56.5 Å². The summed E-state index contributed by atoms with van der Waals surface area (Å²) in [5.41, 5.74) is 3.50. The highest BCUT2D eigenvalue weighted by atomic mass is 15.3. The van der Waals surface area contributed by atoms with Crippen molar-refractivity contribution in [2.24, 2.45) is 5.92 Å². The lowest BCUT2D eigenvalue weighted by Gasteiger charge is -2.30. The highest BCUT2D eigenvalue weighted by Gasteiger charge is 2.17. The molecule has 1 aliphatic heterocycles. The standard InChI is InChI=1S/C20H32N6/c1-16-6-10-25(11-7-16)20-21-13-19(14-22-20)15-24(4)8-5-9-26-18(3)12-17(2)23-26/h12-14,16H,5-11,15H2,1-4H3. The molecule has 0 bridgehead atoms. The molecule has 0 aromatic carbocycles. The average molecular weight is 357 g/mol. The third kappa shape index (κ3) is 5.04. The van der Waals surface area contributed by atoms with Gasteiger partial charge in [-0.2, -0.15) is 5.10 Å². The molecular weight excluding hydrogens is 324 g/mol. The first-order valence-corrected chi connectivity index (χ1v) is 9.76. The van der Waals surface area contributed by atoms with E-state index >= 15 is 0 Å². The summed E-state index contributed by atoms with van der Waals surface area (Å²) in [5.74, 6) is 1.71.